The molecule has 0 bridgehead atoms. The Morgan fingerprint density at radius 2 is 2.10 bits per heavy atom. The molecular formula is C15H18N4O2. The number of carbonyl (C=O) groups excluding carboxylic acids is 1. The molecular weight excluding hydrogens is 268 g/mol. The highest BCUT2D eigenvalue weighted by molar-refractivity contribution is 6.04. The number of oxazole rings is 1. The molecule has 21 heavy (non-hydrogen) atoms. The number of aryl methyl sites for hydroxylation is 2. The fraction of sp³-hybridized carbons (Fsp3) is 0.400. The summed E-state index contributed by atoms with van der Waals surface area (Å²) >= 11 is 0. The van der Waals surface area contributed by atoms with Crippen LogP contribution < -0.4 is 10.2 Å². The lowest BCUT2D eigenvalue weighted by Crippen LogP contribution is -2.21. The molecule has 1 N–H and O–H groups in total. The van der Waals surface area contributed by atoms with E-state index in [9.17, 15) is 4.79 Å². The quantitative estimate of drug-likeness (QED) is 0.938. The van der Waals surface area contributed by atoms with Gasteiger partial charge in [-0.25, -0.2) is 4.98 Å². The van der Waals surface area contributed by atoms with Crippen LogP contribution in [0, 0.1) is 13.8 Å². The van der Waals surface area contributed by atoms with Gasteiger partial charge < -0.3 is 14.6 Å². The molecule has 1 fully saturated rings. The predicted molar refractivity (Wildman–Crippen MR) is 79.6 cm³/mol. The molecule has 0 saturated carbocycles. The van der Waals surface area contributed by atoms with Crippen LogP contribution in [-0.2, 0) is 0 Å². The smallest absolute Gasteiger partial charge is 0.293 e. The second-order valence-corrected chi connectivity index (χ2v) is 5.19. The molecule has 0 aromatic carbocycles. The van der Waals surface area contributed by atoms with Crippen LogP contribution >= 0.6 is 0 Å². The van der Waals surface area contributed by atoms with Crippen LogP contribution in [0.3, 0.4) is 0 Å². The van der Waals surface area contributed by atoms with Crippen LogP contribution in [0.4, 0.5) is 11.4 Å². The van der Waals surface area contributed by atoms with Gasteiger partial charge in [0.15, 0.2) is 5.89 Å². The van der Waals surface area contributed by atoms with E-state index in [-0.39, 0.29) is 11.7 Å². The molecule has 1 aliphatic heterocycles. The maximum Gasteiger partial charge on any atom is 0.293 e. The SMILES string of the molecule is Cc1nc(C)c(C(=O)Nc2cnccc2N2CCCC2)o1. The Hall–Kier alpha value is -2.37. The van der Waals surface area contributed by atoms with E-state index < -0.39 is 0 Å². The second kappa shape index (κ2) is 5.55. The maximum absolute atomic E-state index is 12.3. The second-order valence-electron chi connectivity index (χ2n) is 5.19. The summed E-state index contributed by atoms with van der Waals surface area (Å²) in [6.07, 6.45) is 5.77. The third-order valence-electron chi connectivity index (χ3n) is 3.60. The van der Waals surface area contributed by atoms with Gasteiger partial charge >= 0.3 is 0 Å². The zero-order valence-electron chi connectivity index (χ0n) is 12.2. The van der Waals surface area contributed by atoms with E-state index in [0.29, 0.717) is 17.3 Å². The average Bonchev–Trinajstić information content (AvgIpc) is 3.09. The lowest BCUT2D eigenvalue weighted by Gasteiger charge is -2.20. The molecule has 0 unspecified atom stereocenters. The van der Waals surface area contributed by atoms with Gasteiger partial charge in [-0.3, -0.25) is 9.78 Å². The number of amides is 1. The number of nitrogens with one attached hydrogen (secondary N) is 1. The lowest BCUT2D eigenvalue weighted by atomic mass is 10.3. The molecule has 6 heteroatoms. The first kappa shape index (κ1) is 13.6. The molecule has 0 atom stereocenters. The normalized spacial score (nSPS) is 14.5. The van der Waals surface area contributed by atoms with Gasteiger partial charge in [-0.15, -0.1) is 0 Å². The van der Waals surface area contributed by atoms with Gasteiger partial charge in [-0.05, 0) is 25.8 Å². The molecule has 2 aromatic heterocycles. The Kier molecular flexibility index (Phi) is 3.60. The van der Waals surface area contributed by atoms with E-state index >= 15 is 0 Å². The maximum atomic E-state index is 12.3. The molecule has 0 aliphatic carbocycles. The van der Waals surface area contributed by atoms with Crippen molar-refractivity contribution >= 4 is 17.3 Å². The predicted octanol–water partition coefficient (Wildman–Crippen LogP) is 2.54. The van der Waals surface area contributed by atoms with Crippen molar-refractivity contribution in [3.63, 3.8) is 0 Å². The number of rotatable bonds is 3. The largest absolute Gasteiger partial charge is 0.436 e. The number of anilines is 2. The van der Waals surface area contributed by atoms with E-state index in [4.69, 9.17) is 4.42 Å². The summed E-state index contributed by atoms with van der Waals surface area (Å²) < 4.78 is 5.36. The zero-order chi connectivity index (χ0) is 14.8. The highest BCUT2D eigenvalue weighted by Gasteiger charge is 2.20. The minimum absolute atomic E-state index is 0.253. The van der Waals surface area contributed by atoms with E-state index in [1.807, 2.05) is 6.07 Å². The van der Waals surface area contributed by atoms with Gasteiger partial charge in [-0.2, -0.15) is 0 Å². The van der Waals surface area contributed by atoms with Crippen LogP contribution in [0.25, 0.3) is 0 Å². The number of hydrogen-bond acceptors (Lipinski definition) is 5. The molecule has 3 heterocycles. The summed E-state index contributed by atoms with van der Waals surface area (Å²) in [5.41, 5.74) is 2.30. The van der Waals surface area contributed by atoms with Crippen molar-refractivity contribution in [2.24, 2.45) is 0 Å². The topological polar surface area (TPSA) is 71.3 Å². The van der Waals surface area contributed by atoms with Crippen molar-refractivity contribution in [3.05, 3.63) is 35.8 Å². The molecule has 1 aliphatic rings. The monoisotopic (exact) mass is 286 g/mol. The summed E-state index contributed by atoms with van der Waals surface area (Å²) in [5.74, 6) is 0.453. The highest BCUT2D eigenvalue weighted by atomic mass is 16.4. The first-order chi connectivity index (χ1) is 10.1. The number of hydrogen-bond donors (Lipinski definition) is 1. The molecule has 6 nitrogen and oxygen atoms in total. The Balaban J connectivity index is 1.84. The van der Waals surface area contributed by atoms with Gasteiger partial charge in [0.25, 0.3) is 5.91 Å². The molecule has 1 amide bonds. The average molecular weight is 286 g/mol. The first-order valence-electron chi connectivity index (χ1n) is 7.09. The van der Waals surface area contributed by atoms with Gasteiger partial charge in [0.05, 0.1) is 23.3 Å². The minimum Gasteiger partial charge on any atom is -0.436 e. The van der Waals surface area contributed by atoms with Crippen molar-refractivity contribution < 1.29 is 9.21 Å². The van der Waals surface area contributed by atoms with Crippen molar-refractivity contribution in [2.75, 3.05) is 23.3 Å². The van der Waals surface area contributed by atoms with E-state index in [0.717, 1.165) is 18.8 Å². The Morgan fingerprint density at radius 3 is 2.76 bits per heavy atom. The Bertz CT molecular complexity index is 659. The van der Waals surface area contributed by atoms with E-state index in [1.165, 1.54) is 12.8 Å². The van der Waals surface area contributed by atoms with Crippen molar-refractivity contribution in [3.8, 4) is 0 Å². The summed E-state index contributed by atoms with van der Waals surface area (Å²) in [7, 11) is 0. The summed E-state index contributed by atoms with van der Waals surface area (Å²) in [4.78, 5) is 22.8. The molecule has 2 aromatic rings. The highest BCUT2D eigenvalue weighted by Crippen LogP contribution is 2.28. The van der Waals surface area contributed by atoms with Crippen LogP contribution in [0.15, 0.2) is 22.9 Å². The third kappa shape index (κ3) is 2.74. The molecule has 0 spiro atoms. The number of nitrogens with zero attached hydrogens (tertiary/aromatic N) is 3. The minimum atomic E-state index is -0.290. The summed E-state index contributed by atoms with van der Waals surface area (Å²) in [6.45, 7) is 5.50. The van der Waals surface area contributed by atoms with Crippen LogP contribution in [0.5, 0.6) is 0 Å². The van der Waals surface area contributed by atoms with E-state index in [2.05, 4.69) is 20.2 Å². The van der Waals surface area contributed by atoms with Crippen LogP contribution in [0.2, 0.25) is 0 Å². The summed E-state index contributed by atoms with van der Waals surface area (Å²) in [6, 6.07) is 1.93. The Labute approximate surface area is 123 Å². The van der Waals surface area contributed by atoms with Crippen molar-refractivity contribution in [1.82, 2.24) is 9.97 Å². The first-order valence-corrected chi connectivity index (χ1v) is 7.09. The molecule has 110 valence electrons. The number of pyridine rings is 1. The number of carbonyl (C=O) groups is 1. The van der Waals surface area contributed by atoms with Gasteiger partial charge in [0, 0.05) is 26.2 Å². The number of aromatic nitrogens is 2. The fourth-order valence-corrected chi connectivity index (χ4v) is 2.64. The fourth-order valence-electron chi connectivity index (χ4n) is 2.64. The van der Waals surface area contributed by atoms with Crippen LogP contribution in [-0.4, -0.2) is 29.0 Å². The molecule has 0 radical (unpaired) electrons. The Morgan fingerprint density at radius 1 is 1.33 bits per heavy atom. The molecule has 3 rings (SSSR count). The third-order valence-corrected chi connectivity index (χ3v) is 3.60. The van der Waals surface area contributed by atoms with Gasteiger partial charge in [0.1, 0.15) is 0 Å². The van der Waals surface area contributed by atoms with Crippen molar-refractivity contribution in [2.45, 2.75) is 26.7 Å². The van der Waals surface area contributed by atoms with E-state index in [1.54, 1.807) is 26.2 Å². The standard InChI is InChI=1S/C15H18N4O2/c1-10-14(21-11(2)17-10)15(20)18-12-9-16-6-5-13(12)19-7-3-4-8-19/h5-6,9H,3-4,7-8H2,1-2H3,(H,18,20). The van der Waals surface area contributed by atoms with Gasteiger partial charge in [-0.1, -0.05) is 0 Å². The van der Waals surface area contributed by atoms with Crippen LogP contribution in [0.1, 0.15) is 35.0 Å². The molecule has 1 saturated heterocycles. The van der Waals surface area contributed by atoms with Crippen molar-refractivity contribution in [1.29, 1.82) is 0 Å². The lowest BCUT2D eigenvalue weighted by molar-refractivity contribution is 0.0994. The van der Waals surface area contributed by atoms with Gasteiger partial charge in [0.2, 0.25) is 5.76 Å². The zero-order valence-corrected chi connectivity index (χ0v) is 12.2. The summed E-state index contributed by atoms with van der Waals surface area (Å²) in [5, 5.41) is 2.88.